The zero-order valence-electron chi connectivity index (χ0n) is 17.2. The van der Waals surface area contributed by atoms with Crippen molar-refractivity contribution >= 4 is 0 Å². The lowest BCUT2D eigenvalue weighted by Gasteiger charge is -2.32. The summed E-state index contributed by atoms with van der Waals surface area (Å²) in [5.41, 5.74) is 3.93. The molecule has 1 fully saturated rings. The van der Waals surface area contributed by atoms with Gasteiger partial charge in [0, 0.05) is 37.3 Å². The molecule has 2 aliphatic rings. The first-order chi connectivity index (χ1) is 13.6. The molecule has 0 amide bonds. The number of benzene rings is 1. The predicted molar refractivity (Wildman–Crippen MR) is 111 cm³/mol. The van der Waals surface area contributed by atoms with E-state index in [-0.39, 0.29) is 0 Å². The molecule has 2 unspecified atom stereocenters. The van der Waals surface area contributed by atoms with Crippen molar-refractivity contribution in [1.82, 2.24) is 14.8 Å². The highest BCUT2D eigenvalue weighted by molar-refractivity contribution is 5.42. The van der Waals surface area contributed by atoms with Crippen molar-refractivity contribution in [2.24, 2.45) is 0 Å². The molecule has 2 aliphatic heterocycles. The van der Waals surface area contributed by atoms with Crippen molar-refractivity contribution in [2.45, 2.75) is 37.8 Å². The van der Waals surface area contributed by atoms with Crippen molar-refractivity contribution in [3.05, 3.63) is 53.2 Å². The smallest absolute Gasteiger partial charge is 0.213 e. The molecule has 1 aromatic carbocycles. The van der Waals surface area contributed by atoms with Gasteiger partial charge in [0.25, 0.3) is 0 Å². The second-order valence-corrected chi connectivity index (χ2v) is 8.16. The van der Waals surface area contributed by atoms with Gasteiger partial charge >= 0.3 is 0 Å². The number of rotatable bonds is 6. The molecule has 2 aromatic rings. The molecule has 1 saturated heterocycles. The highest BCUT2D eigenvalue weighted by atomic mass is 16.5. The van der Waals surface area contributed by atoms with Crippen molar-refractivity contribution in [3.63, 3.8) is 0 Å². The summed E-state index contributed by atoms with van der Waals surface area (Å²) in [5.74, 6) is 1.97. The number of ether oxygens (including phenoxy) is 2. The van der Waals surface area contributed by atoms with Gasteiger partial charge in [0.05, 0.1) is 13.7 Å². The summed E-state index contributed by atoms with van der Waals surface area (Å²) in [7, 11) is 6.09. The molecule has 28 heavy (non-hydrogen) atoms. The molecule has 1 aromatic heterocycles. The Hall–Kier alpha value is -2.11. The summed E-state index contributed by atoms with van der Waals surface area (Å²) >= 11 is 0. The van der Waals surface area contributed by atoms with Crippen LogP contribution in [0.1, 0.15) is 41.9 Å². The fourth-order valence-electron chi connectivity index (χ4n) is 4.55. The zero-order valence-corrected chi connectivity index (χ0v) is 17.2. The number of nitrogens with zero attached hydrogens (tertiary/aromatic N) is 3. The molecule has 0 N–H and O–H groups in total. The van der Waals surface area contributed by atoms with E-state index in [1.807, 2.05) is 18.3 Å². The standard InChI is InChI=1S/C23H31N3O2/c1-25-15-18-13-23(28-12-10-19-5-4-11-26(19)2)24-14-21(18)22(16-25)17-6-8-20(27-3)9-7-17/h6-9,13-14,19,22H,4-5,10-12,15-16H2,1-3H3. The molecule has 0 radical (unpaired) electrons. The highest BCUT2D eigenvalue weighted by Gasteiger charge is 2.26. The van der Waals surface area contributed by atoms with Crippen LogP contribution in [0.3, 0.4) is 0 Å². The van der Waals surface area contributed by atoms with Crippen molar-refractivity contribution in [1.29, 1.82) is 0 Å². The Morgan fingerprint density at radius 3 is 2.71 bits per heavy atom. The molecule has 5 nitrogen and oxygen atoms in total. The van der Waals surface area contributed by atoms with Crippen LogP contribution in [0.15, 0.2) is 36.5 Å². The normalized spacial score (nSPS) is 22.8. The second kappa shape index (κ2) is 8.50. The number of likely N-dealkylation sites (tertiary alicyclic amines) is 1. The Morgan fingerprint density at radius 1 is 1.18 bits per heavy atom. The van der Waals surface area contributed by atoms with E-state index in [2.05, 4.69) is 47.1 Å². The summed E-state index contributed by atoms with van der Waals surface area (Å²) in [6, 6.07) is 11.2. The van der Waals surface area contributed by atoms with Crippen LogP contribution in [-0.2, 0) is 6.54 Å². The van der Waals surface area contributed by atoms with Crippen LogP contribution in [0.5, 0.6) is 11.6 Å². The molecule has 5 heteroatoms. The number of hydrogen-bond acceptors (Lipinski definition) is 5. The topological polar surface area (TPSA) is 37.8 Å². The third-order valence-electron chi connectivity index (χ3n) is 6.20. The van der Waals surface area contributed by atoms with E-state index < -0.39 is 0 Å². The van der Waals surface area contributed by atoms with Crippen LogP contribution in [-0.4, -0.2) is 61.7 Å². The van der Waals surface area contributed by atoms with Gasteiger partial charge in [-0.1, -0.05) is 12.1 Å². The maximum Gasteiger partial charge on any atom is 0.213 e. The van der Waals surface area contributed by atoms with Gasteiger partial charge in [0.2, 0.25) is 5.88 Å². The van der Waals surface area contributed by atoms with Gasteiger partial charge in [-0.25, -0.2) is 4.98 Å². The van der Waals surface area contributed by atoms with E-state index in [9.17, 15) is 0 Å². The van der Waals surface area contributed by atoms with Gasteiger partial charge in [0.1, 0.15) is 5.75 Å². The summed E-state index contributed by atoms with van der Waals surface area (Å²) in [6.45, 7) is 3.88. The molecular weight excluding hydrogens is 350 g/mol. The van der Waals surface area contributed by atoms with Crippen molar-refractivity contribution in [2.75, 3.05) is 40.9 Å². The monoisotopic (exact) mass is 381 g/mol. The largest absolute Gasteiger partial charge is 0.497 e. The van der Waals surface area contributed by atoms with Gasteiger partial charge < -0.3 is 19.3 Å². The summed E-state index contributed by atoms with van der Waals surface area (Å²) in [4.78, 5) is 9.44. The average Bonchev–Trinajstić information content (AvgIpc) is 3.12. The quantitative estimate of drug-likeness (QED) is 0.765. The van der Waals surface area contributed by atoms with Gasteiger partial charge in [-0.05, 0) is 68.7 Å². The minimum atomic E-state index is 0.327. The predicted octanol–water partition coefficient (Wildman–Crippen LogP) is 3.53. The lowest BCUT2D eigenvalue weighted by Crippen LogP contribution is -2.31. The fraction of sp³-hybridized carbons (Fsp3) is 0.522. The summed E-state index contributed by atoms with van der Waals surface area (Å²) in [6.07, 6.45) is 5.68. The molecule has 0 bridgehead atoms. The Balaban J connectivity index is 1.46. The van der Waals surface area contributed by atoms with E-state index in [1.54, 1.807) is 7.11 Å². The van der Waals surface area contributed by atoms with Crippen LogP contribution in [0.2, 0.25) is 0 Å². The van der Waals surface area contributed by atoms with Crippen LogP contribution < -0.4 is 9.47 Å². The molecule has 0 aliphatic carbocycles. The lowest BCUT2D eigenvalue weighted by molar-refractivity contribution is 0.227. The number of aromatic nitrogens is 1. The molecule has 4 rings (SSSR count). The molecular formula is C23H31N3O2. The molecule has 150 valence electrons. The first-order valence-corrected chi connectivity index (χ1v) is 10.3. The summed E-state index contributed by atoms with van der Waals surface area (Å²) in [5, 5.41) is 0. The van der Waals surface area contributed by atoms with Gasteiger partial charge in [-0.15, -0.1) is 0 Å². The molecule has 3 heterocycles. The van der Waals surface area contributed by atoms with Crippen LogP contribution in [0.25, 0.3) is 0 Å². The summed E-state index contributed by atoms with van der Waals surface area (Å²) < 4.78 is 11.3. The molecule has 0 saturated carbocycles. The number of hydrogen-bond donors (Lipinski definition) is 0. The van der Waals surface area contributed by atoms with Crippen LogP contribution >= 0.6 is 0 Å². The number of likely N-dealkylation sites (N-methyl/N-ethyl adjacent to an activating group) is 1. The van der Waals surface area contributed by atoms with Gasteiger partial charge in [-0.2, -0.15) is 0 Å². The van der Waals surface area contributed by atoms with E-state index in [0.29, 0.717) is 12.0 Å². The highest BCUT2D eigenvalue weighted by Crippen LogP contribution is 2.34. The molecule has 2 atom stereocenters. The minimum Gasteiger partial charge on any atom is -0.497 e. The SMILES string of the molecule is COc1ccc(C2CN(C)Cc3cc(OCCC4CCCN4C)ncc32)cc1. The first-order valence-electron chi connectivity index (χ1n) is 10.3. The third kappa shape index (κ3) is 4.15. The average molecular weight is 382 g/mol. The van der Waals surface area contributed by atoms with Gasteiger partial charge in [-0.3, -0.25) is 0 Å². The zero-order chi connectivity index (χ0) is 19.5. The van der Waals surface area contributed by atoms with Crippen molar-refractivity contribution in [3.8, 4) is 11.6 Å². The first kappa shape index (κ1) is 19.2. The fourth-order valence-corrected chi connectivity index (χ4v) is 4.55. The third-order valence-corrected chi connectivity index (χ3v) is 6.20. The van der Waals surface area contributed by atoms with E-state index >= 15 is 0 Å². The Bertz CT molecular complexity index is 793. The van der Waals surface area contributed by atoms with Crippen LogP contribution in [0, 0.1) is 0 Å². The Kier molecular flexibility index (Phi) is 5.83. The van der Waals surface area contributed by atoms with Crippen molar-refractivity contribution < 1.29 is 9.47 Å². The van der Waals surface area contributed by atoms with E-state index in [1.165, 1.54) is 36.1 Å². The molecule has 0 spiro atoms. The number of methoxy groups -OCH3 is 1. The Morgan fingerprint density at radius 2 is 2.00 bits per heavy atom. The maximum absolute atomic E-state index is 6.02. The lowest BCUT2D eigenvalue weighted by atomic mass is 9.86. The second-order valence-electron chi connectivity index (χ2n) is 8.16. The Labute approximate surface area is 168 Å². The van der Waals surface area contributed by atoms with E-state index in [0.717, 1.165) is 37.7 Å². The number of pyridine rings is 1. The van der Waals surface area contributed by atoms with Crippen LogP contribution in [0.4, 0.5) is 0 Å². The number of fused-ring (bicyclic) bond motifs is 1. The minimum absolute atomic E-state index is 0.327. The van der Waals surface area contributed by atoms with E-state index in [4.69, 9.17) is 9.47 Å². The van der Waals surface area contributed by atoms with Gasteiger partial charge in [0.15, 0.2) is 0 Å². The maximum atomic E-state index is 6.02.